The number of aryl methyl sites for hydroxylation is 2. The largest absolute Gasteiger partial charge is 0.258 e. The highest BCUT2D eigenvalue weighted by atomic mass is 14.9. The van der Waals surface area contributed by atoms with Gasteiger partial charge in [-0.05, 0) is 144 Å². The van der Waals surface area contributed by atoms with Crippen molar-refractivity contribution in [3.8, 4) is 67.3 Å². The van der Waals surface area contributed by atoms with E-state index in [9.17, 15) is 0 Å². The van der Waals surface area contributed by atoms with Gasteiger partial charge < -0.3 is 0 Å². The zero-order valence-electron chi connectivity index (χ0n) is 29.6. The highest BCUT2D eigenvalue weighted by molar-refractivity contribution is 5.88. The molecule has 0 bridgehead atoms. The smallest absolute Gasteiger partial charge is 0.160 e. The van der Waals surface area contributed by atoms with E-state index in [1.165, 1.54) is 44.5 Å². The third kappa shape index (κ3) is 6.20. The summed E-state index contributed by atoms with van der Waals surface area (Å²) >= 11 is 0. The molecule has 2 heterocycles. The molecule has 250 valence electrons. The first-order valence-electron chi connectivity index (χ1n) is 18.3. The first kappa shape index (κ1) is 31.8. The second kappa shape index (κ2) is 13.5. The predicted octanol–water partition coefficient (Wildman–Crippen LogP) is 12.4. The lowest BCUT2D eigenvalue weighted by molar-refractivity contribution is 0.906. The summed E-state index contributed by atoms with van der Waals surface area (Å²) in [5.41, 5.74) is 19.8. The third-order valence-electron chi connectivity index (χ3n) is 10.3. The maximum atomic E-state index is 5.27. The molecule has 3 nitrogen and oxygen atoms in total. The average Bonchev–Trinajstić information content (AvgIpc) is 3.20. The molecular formula is C49H39N3. The van der Waals surface area contributed by atoms with Crippen molar-refractivity contribution in [2.45, 2.75) is 39.5 Å². The Labute approximate surface area is 306 Å². The Kier molecular flexibility index (Phi) is 8.25. The molecule has 9 rings (SSSR count). The molecule has 0 spiro atoms. The number of allylic oxidation sites excluding steroid dienone is 2. The van der Waals surface area contributed by atoms with Crippen LogP contribution in [0.4, 0.5) is 0 Å². The van der Waals surface area contributed by atoms with Crippen molar-refractivity contribution in [2.24, 2.45) is 0 Å². The van der Waals surface area contributed by atoms with Crippen LogP contribution in [0.25, 0.3) is 79.4 Å². The molecule has 0 unspecified atom stereocenters. The van der Waals surface area contributed by atoms with E-state index in [1.54, 1.807) is 0 Å². The minimum absolute atomic E-state index is 0.710. The van der Waals surface area contributed by atoms with Crippen LogP contribution >= 0.6 is 0 Å². The molecule has 2 aromatic heterocycles. The maximum absolute atomic E-state index is 5.27. The van der Waals surface area contributed by atoms with Crippen molar-refractivity contribution in [2.75, 3.05) is 0 Å². The summed E-state index contributed by atoms with van der Waals surface area (Å²) in [7, 11) is 0. The normalized spacial score (nSPS) is 13.1. The first-order chi connectivity index (χ1) is 25.6. The number of benzene rings is 5. The molecule has 0 radical (unpaired) electrons. The topological polar surface area (TPSA) is 38.7 Å². The summed E-state index contributed by atoms with van der Waals surface area (Å²) < 4.78 is 0. The van der Waals surface area contributed by atoms with E-state index >= 15 is 0 Å². The fraction of sp³-hybridized carbons (Fsp3) is 0.122. The number of aromatic nitrogens is 3. The summed E-state index contributed by atoms with van der Waals surface area (Å²) in [6.45, 7) is 4.12. The lowest BCUT2D eigenvalue weighted by Gasteiger charge is -2.24. The standard InChI is InChI=1S/C49H39N3/c1-32-24-39(25-33(2)50-32)36-19-13-20-37(26-36)40-27-41(46-30-38-18-9-10-21-43(38)44-22-11-12-23-45(44)46)29-42(28-40)49-51-47(34-14-5-3-6-15-34)31-48(52-49)35-16-7-4-8-17-35/h3-9,12-20,23-31H,10-11,21-22H2,1-2H3. The molecular weight excluding hydrogens is 631 g/mol. The van der Waals surface area contributed by atoms with Gasteiger partial charge in [-0.3, -0.25) is 4.98 Å². The second-order valence-electron chi connectivity index (χ2n) is 14.0. The quantitative estimate of drug-likeness (QED) is 0.177. The Morgan fingerprint density at radius 3 is 1.63 bits per heavy atom. The zero-order valence-corrected chi connectivity index (χ0v) is 29.6. The van der Waals surface area contributed by atoms with Crippen LogP contribution in [-0.2, 0) is 12.8 Å². The van der Waals surface area contributed by atoms with E-state index in [0.29, 0.717) is 5.82 Å². The van der Waals surface area contributed by atoms with Gasteiger partial charge in [-0.25, -0.2) is 9.97 Å². The summed E-state index contributed by atoms with van der Waals surface area (Å²) in [6, 6.07) is 45.5. The van der Waals surface area contributed by atoms with Crippen molar-refractivity contribution >= 4 is 12.2 Å². The van der Waals surface area contributed by atoms with E-state index in [-0.39, 0.29) is 0 Å². The Balaban J connectivity index is 1.29. The third-order valence-corrected chi connectivity index (χ3v) is 10.3. The monoisotopic (exact) mass is 669 g/mol. The zero-order chi connectivity index (χ0) is 35.0. The van der Waals surface area contributed by atoms with Gasteiger partial charge in [0.15, 0.2) is 5.82 Å². The molecule has 5 aromatic carbocycles. The van der Waals surface area contributed by atoms with Gasteiger partial charge >= 0.3 is 0 Å². The summed E-state index contributed by atoms with van der Waals surface area (Å²) in [4.78, 5) is 15.2. The van der Waals surface area contributed by atoms with Crippen LogP contribution in [-0.4, -0.2) is 15.0 Å². The van der Waals surface area contributed by atoms with Gasteiger partial charge in [-0.15, -0.1) is 0 Å². The molecule has 0 saturated heterocycles. The van der Waals surface area contributed by atoms with Crippen molar-refractivity contribution in [1.82, 2.24) is 15.0 Å². The van der Waals surface area contributed by atoms with Gasteiger partial charge in [-0.1, -0.05) is 103 Å². The van der Waals surface area contributed by atoms with Crippen molar-refractivity contribution in [3.05, 3.63) is 173 Å². The molecule has 7 aromatic rings. The van der Waals surface area contributed by atoms with Crippen LogP contribution < -0.4 is 0 Å². The summed E-state index contributed by atoms with van der Waals surface area (Å²) in [5.74, 6) is 0.710. The molecule has 52 heavy (non-hydrogen) atoms. The number of hydrogen-bond donors (Lipinski definition) is 0. The van der Waals surface area contributed by atoms with Gasteiger partial charge in [0.1, 0.15) is 0 Å². The Hall–Kier alpha value is -6.19. The Morgan fingerprint density at radius 1 is 0.423 bits per heavy atom. The van der Waals surface area contributed by atoms with Crippen LogP contribution in [0.3, 0.4) is 0 Å². The highest BCUT2D eigenvalue weighted by Crippen LogP contribution is 2.41. The van der Waals surface area contributed by atoms with E-state index in [0.717, 1.165) is 76.3 Å². The minimum atomic E-state index is 0.710. The fourth-order valence-corrected chi connectivity index (χ4v) is 7.89. The van der Waals surface area contributed by atoms with Crippen molar-refractivity contribution in [3.63, 3.8) is 0 Å². The molecule has 0 fully saturated rings. The fourth-order valence-electron chi connectivity index (χ4n) is 7.89. The number of rotatable bonds is 6. The van der Waals surface area contributed by atoms with Crippen molar-refractivity contribution < 1.29 is 0 Å². The van der Waals surface area contributed by atoms with Crippen LogP contribution in [0.1, 0.15) is 46.5 Å². The van der Waals surface area contributed by atoms with Gasteiger partial charge in [0, 0.05) is 28.1 Å². The van der Waals surface area contributed by atoms with Crippen LogP contribution in [0.2, 0.25) is 0 Å². The predicted molar refractivity (Wildman–Crippen MR) is 217 cm³/mol. The second-order valence-corrected chi connectivity index (χ2v) is 14.0. The number of nitrogens with zero attached hydrogens (tertiary/aromatic N) is 3. The van der Waals surface area contributed by atoms with Crippen LogP contribution in [0.15, 0.2) is 140 Å². The highest BCUT2D eigenvalue weighted by Gasteiger charge is 2.21. The van der Waals surface area contributed by atoms with Crippen LogP contribution in [0.5, 0.6) is 0 Å². The molecule has 0 amide bonds. The Bertz CT molecular complexity index is 2450. The van der Waals surface area contributed by atoms with E-state index in [4.69, 9.17) is 9.97 Å². The SMILES string of the molecule is Cc1cc(-c2cccc(-c3cc(-c4nc(-c5ccccc5)cc(-c5ccccc5)n4)cc(-c4cc5c(c6c4C=CCC6)CCC=C5)c3)c2)cc(C)n1. The van der Waals surface area contributed by atoms with Gasteiger partial charge in [-0.2, -0.15) is 0 Å². The van der Waals surface area contributed by atoms with Crippen LogP contribution in [0, 0.1) is 13.8 Å². The molecule has 2 aliphatic rings. The molecule has 3 heteroatoms. The molecule has 2 aliphatic carbocycles. The summed E-state index contributed by atoms with van der Waals surface area (Å²) in [6.07, 6.45) is 13.7. The van der Waals surface area contributed by atoms with E-state index in [1.807, 2.05) is 12.1 Å². The van der Waals surface area contributed by atoms with Gasteiger partial charge in [0.05, 0.1) is 11.4 Å². The van der Waals surface area contributed by atoms with E-state index < -0.39 is 0 Å². The summed E-state index contributed by atoms with van der Waals surface area (Å²) in [5, 5.41) is 0. The molecule has 0 N–H and O–H groups in total. The maximum Gasteiger partial charge on any atom is 0.160 e. The van der Waals surface area contributed by atoms with Crippen molar-refractivity contribution in [1.29, 1.82) is 0 Å². The van der Waals surface area contributed by atoms with Gasteiger partial charge in [0.25, 0.3) is 0 Å². The molecule has 0 atom stereocenters. The average molecular weight is 670 g/mol. The Morgan fingerprint density at radius 2 is 0.962 bits per heavy atom. The minimum Gasteiger partial charge on any atom is -0.258 e. The first-order valence-corrected chi connectivity index (χ1v) is 18.3. The number of fused-ring (bicyclic) bond motifs is 3. The number of hydrogen-bond acceptors (Lipinski definition) is 3. The lowest BCUT2D eigenvalue weighted by atomic mass is 9.80. The molecule has 0 aliphatic heterocycles. The lowest BCUT2D eigenvalue weighted by Crippen LogP contribution is -2.07. The molecule has 0 saturated carbocycles. The van der Waals surface area contributed by atoms with E-state index in [2.05, 4.69) is 158 Å². The number of pyridine rings is 1. The van der Waals surface area contributed by atoms with Gasteiger partial charge in [0.2, 0.25) is 0 Å².